The van der Waals surface area contributed by atoms with Crippen LogP contribution in [0.1, 0.15) is 13.3 Å². The molecule has 1 amide bonds. The van der Waals surface area contributed by atoms with Crippen LogP contribution < -0.4 is 14.8 Å². The molecule has 0 aliphatic heterocycles. The summed E-state index contributed by atoms with van der Waals surface area (Å²) in [6.07, 6.45) is -0.436. The summed E-state index contributed by atoms with van der Waals surface area (Å²) in [6.45, 7) is 1.80. The van der Waals surface area contributed by atoms with Crippen LogP contribution >= 0.6 is 0 Å². The first-order valence-corrected chi connectivity index (χ1v) is 8.71. The lowest BCUT2D eigenvalue weighted by atomic mass is 10.2. The number of para-hydroxylation sites is 4. The molecule has 0 radical (unpaired) electrons. The Hall–Kier alpha value is -3.34. The Kier molecular flexibility index (Phi) is 6.05. The van der Waals surface area contributed by atoms with Gasteiger partial charge in [-0.1, -0.05) is 49.4 Å². The lowest BCUT2D eigenvalue weighted by Gasteiger charge is -2.19. The fraction of sp³-hybridized carbons (Fsp3) is 0.136. The van der Waals surface area contributed by atoms with Crippen LogP contribution in [0.25, 0.3) is 0 Å². The molecule has 0 fully saturated rings. The second-order valence-corrected chi connectivity index (χ2v) is 5.85. The first-order chi connectivity index (χ1) is 13.2. The molecule has 0 aliphatic rings. The smallest absolute Gasteiger partial charge is 0.265 e. The third kappa shape index (κ3) is 4.85. The Morgan fingerprint density at radius 1 is 0.926 bits per heavy atom. The van der Waals surface area contributed by atoms with Crippen molar-refractivity contribution >= 4 is 11.6 Å². The van der Waals surface area contributed by atoms with Crippen LogP contribution in [0.4, 0.5) is 10.1 Å². The van der Waals surface area contributed by atoms with Gasteiger partial charge in [0, 0.05) is 0 Å². The molecule has 0 saturated carbocycles. The van der Waals surface area contributed by atoms with Gasteiger partial charge in [-0.15, -0.1) is 0 Å². The number of halogens is 1. The number of anilines is 1. The third-order valence-corrected chi connectivity index (χ3v) is 3.89. The van der Waals surface area contributed by atoms with Gasteiger partial charge in [-0.2, -0.15) is 0 Å². The molecule has 1 atom stereocenters. The summed E-state index contributed by atoms with van der Waals surface area (Å²) in [5.74, 6) is 0.349. The minimum atomic E-state index is -0.827. The van der Waals surface area contributed by atoms with Gasteiger partial charge in [0.15, 0.2) is 23.4 Å². The second-order valence-electron chi connectivity index (χ2n) is 5.85. The summed E-state index contributed by atoms with van der Waals surface area (Å²) in [6, 6.07) is 22.4. The van der Waals surface area contributed by atoms with Crippen LogP contribution in [-0.2, 0) is 4.79 Å². The molecule has 27 heavy (non-hydrogen) atoms. The summed E-state index contributed by atoms with van der Waals surface area (Å²) in [4.78, 5) is 12.6. The van der Waals surface area contributed by atoms with E-state index in [9.17, 15) is 9.18 Å². The summed E-state index contributed by atoms with van der Waals surface area (Å²) >= 11 is 0. The molecular formula is C22H20FNO3. The number of nitrogens with one attached hydrogen (secondary N) is 1. The SMILES string of the molecule is CC[C@@H](Oc1ccccc1F)C(=O)Nc1ccccc1Oc1ccccc1. The van der Waals surface area contributed by atoms with Gasteiger partial charge in [-0.05, 0) is 42.8 Å². The standard InChI is InChI=1S/C22H20FNO3/c1-2-19(27-20-14-8-6-12-17(20)23)22(25)24-18-13-7-9-15-21(18)26-16-10-4-3-5-11-16/h3-15,19H,2H2,1H3,(H,24,25)/t19-/m1/s1. The van der Waals surface area contributed by atoms with Gasteiger partial charge in [0.05, 0.1) is 5.69 Å². The predicted octanol–water partition coefficient (Wildman–Crippen LogP) is 5.41. The number of hydrogen-bond acceptors (Lipinski definition) is 3. The van der Waals surface area contributed by atoms with Crippen molar-refractivity contribution < 1.29 is 18.7 Å². The number of benzene rings is 3. The topological polar surface area (TPSA) is 47.6 Å². The van der Waals surface area contributed by atoms with Crippen molar-refractivity contribution in [2.45, 2.75) is 19.4 Å². The van der Waals surface area contributed by atoms with E-state index >= 15 is 0 Å². The molecule has 0 heterocycles. The average Bonchev–Trinajstić information content (AvgIpc) is 2.69. The lowest BCUT2D eigenvalue weighted by molar-refractivity contribution is -0.122. The summed E-state index contributed by atoms with van der Waals surface area (Å²) in [7, 11) is 0. The fourth-order valence-corrected chi connectivity index (χ4v) is 2.50. The second kappa shape index (κ2) is 8.85. The minimum Gasteiger partial charge on any atom is -0.478 e. The van der Waals surface area contributed by atoms with Crippen LogP contribution in [0.5, 0.6) is 17.2 Å². The highest BCUT2D eigenvalue weighted by Crippen LogP contribution is 2.29. The molecule has 138 valence electrons. The van der Waals surface area contributed by atoms with Crippen molar-refractivity contribution in [2.24, 2.45) is 0 Å². The molecular weight excluding hydrogens is 345 g/mol. The van der Waals surface area contributed by atoms with Gasteiger partial charge in [0.25, 0.3) is 5.91 Å². The fourth-order valence-electron chi connectivity index (χ4n) is 2.50. The highest BCUT2D eigenvalue weighted by Gasteiger charge is 2.21. The van der Waals surface area contributed by atoms with Crippen LogP contribution in [0, 0.1) is 5.82 Å². The number of amides is 1. The number of hydrogen-bond donors (Lipinski definition) is 1. The number of ether oxygens (including phenoxy) is 2. The van der Waals surface area contributed by atoms with Gasteiger partial charge in [-0.25, -0.2) is 4.39 Å². The van der Waals surface area contributed by atoms with Crippen molar-refractivity contribution in [3.63, 3.8) is 0 Å². The Morgan fingerprint density at radius 2 is 1.56 bits per heavy atom. The van der Waals surface area contributed by atoms with E-state index in [1.165, 1.54) is 12.1 Å². The summed E-state index contributed by atoms with van der Waals surface area (Å²) in [5, 5.41) is 2.81. The van der Waals surface area contributed by atoms with Gasteiger partial charge in [-0.3, -0.25) is 4.79 Å². The molecule has 0 spiro atoms. The number of carbonyl (C=O) groups is 1. The number of rotatable bonds is 7. The Morgan fingerprint density at radius 3 is 2.26 bits per heavy atom. The van der Waals surface area contributed by atoms with Crippen LogP contribution in [-0.4, -0.2) is 12.0 Å². The van der Waals surface area contributed by atoms with Gasteiger partial charge in [0.1, 0.15) is 5.75 Å². The maximum Gasteiger partial charge on any atom is 0.265 e. The van der Waals surface area contributed by atoms with Crippen molar-refractivity contribution in [1.82, 2.24) is 0 Å². The van der Waals surface area contributed by atoms with E-state index < -0.39 is 11.9 Å². The molecule has 0 saturated heterocycles. The molecule has 3 aromatic carbocycles. The third-order valence-electron chi connectivity index (χ3n) is 3.89. The zero-order valence-corrected chi connectivity index (χ0v) is 14.9. The van der Waals surface area contributed by atoms with E-state index in [-0.39, 0.29) is 11.7 Å². The molecule has 0 aliphatic carbocycles. The lowest BCUT2D eigenvalue weighted by Crippen LogP contribution is -2.32. The van der Waals surface area contributed by atoms with E-state index in [1.54, 1.807) is 37.3 Å². The molecule has 0 unspecified atom stereocenters. The van der Waals surface area contributed by atoms with Crippen molar-refractivity contribution in [1.29, 1.82) is 0 Å². The first-order valence-electron chi connectivity index (χ1n) is 8.71. The molecule has 1 N–H and O–H groups in total. The Labute approximate surface area is 157 Å². The average molecular weight is 365 g/mol. The highest BCUT2D eigenvalue weighted by molar-refractivity contribution is 5.95. The van der Waals surface area contributed by atoms with Gasteiger partial charge < -0.3 is 14.8 Å². The zero-order chi connectivity index (χ0) is 19.1. The van der Waals surface area contributed by atoms with E-state index in [1.807, 2.05) is 36.4 Å². The first kappa shape index (κ1) is 18.5. The van der Waals surface area contributed by atoms with Crippen molar-refractivity contribution in [3.05, 3.63) is 84.7 Å². The summed E-state index contributed by atoms with van der Waals surface area (Å²) in [5.41, 5.74) is 0.516. The summed E-state index contributed by atoms with van der Waals surface area (Å²) < 4.78 is 25.2. The Bertz CT molecular complexity index is 899. The van der Waals surface area contributed by atoms with E-state index in [4.69, 9.17) is 9.47 Å². The Balaban J connectivity index is 1.74. The van der Waals surface area contributed by atoms with E-state index in [0.29, 0.717) is 23.6 Å². The normalized spacial score (nSPS) is 11.5. The van der Waals surface area contributed by atoms with E-state index in [0.717, 1.165) is 0 Å². The predicted molar refractivity (Wildman–Crippen MR) is 103 cm³/mol. The number of carbonyl (C=O) groups excluding carboxylic acids is 1. The quantitative estimate of drug-likeness (QED) is 0.609. The molecule has 3 aromatic rings. The van der Waals surface area contributed by atoms with Crippen molar-refractivity contribution in [2.75, 3.05) is 5.32 Å². The van der Waals surface area contributed by atoms with Crippen LogP contribution in [0.2, 0.25) is 0 Å². The molecule has 0 aromatic heterocycles. The van der Waals surface area contributed by atoms with Crippen LogP contribution in [0.3, 0.4) is 0 Å². The van der Waals surface area contributed by atoms with Gasteiger partial charge >= 0.3 is 0 Å². The zero-order valence-electron chi connectivity index (χ0n) is 14.9. The largest absolute Gasteiger partial charge is 0.478 e. The molecule has 3 rings (SSSR count). The highest BCUT2D eigenvalue weighted by atomic mass is 19.1. The molecule has 5 heteroatoms. The van der Waals surface area contributed by atoms with Crippen molar-refractivity contribution in [3.8, 4) is 17.2 Å². The molecule has 4 nitrogen and oxygen atoms in total. The van der Waals surface area contributed by atoms with E-state index in [2.05, 4.69) is 5.32 Å². The van der Waals surface area contributed by atoms with Crippen LogP contribution in [0.15, 0.2) is 78.9 Å². The minimum absolute atomic E-state index is 0.0494. The maximum atomic E-state index is 13.8. The maximum absolute atomic E-state index is 13.8. The van der Waals surface area contributed by atoms with Gasteiger partial charge in [0.2, 0.25) is 0 Å². The monoisotopic (exact) mass is 365 g/mol. The molecule has 0 bridgehead atoms.